The SMILES string of the molecule is CC(C)(C)OC(=O)N1CCC([C@](C)(O)CN2CCN(c3ccc(C#N)cc3Cl)[C@H](c3ccc(Cl)cc3)C2)CC1. The highest BCUT2D eigenvalue weighted by atomic mass is 35.5. The van der Waals surface area contributed by atoms with Gasteiger partial charge in [0.25, 0.3) is 0 Å². The number of carbonyl (C=O) groups excluding carboxylic acids is 1. The van der Waals surface area contributed by atoms with Crippen molar-refractivity contribution in [2.24, 2.45) is 5.92 Å². The Kier molecular flexibility index (Phi) is 9.02. The quantitative estimate of drug-likeness (QED) is 0.464. The molecule has 39 heavy (non-hydrogen) atoms. The van der Waals surface area contributed by atoms with E-state index in [2.05, 4.69) is 15.9 Å². The molecule has 4 rings (SSSR count). The second kappa shape index (κ2) is 11.9. The lowest BCUT2D eigenvalue weighted by molar-refractivity contribution is -0.0564. The topological polar surface area (TPSA) is 80.0 Å². The van der Waals surface area contributed by atoms with Crippen LogP contribution < -0.4 is 4.90 Å². The monoisotopic (exact) mass is 572 g/mol. The highest BCUT2D eigenvalue weighted by Crippen LogP contribution is 2.37. The first-order valence-corrected chi connectivity index (χ1v) is 14.3. The minimum absolute atomic E-state index is 0.00809. The summed E-state index contributed by atoms with van der Waals surface area (Å²) in [7, 11) is 0. The largest absolute Gasteiger partial charge is 0.444 e. The Hall–Kier alpha value is -2.50. The molecule has 2 aromatic carbocycles. The van der Waals surface area contributed by atoms with E-state index in [1.165, 1.54) is 0 Å². The Balaban J connectivity index is 1.46. The van der Waals surface area contributed by atoms with Gasteiger partial charge < -0.3 is 19.6 Å². The van der Waals surface area contributed by atoms with E-state index in [9.17, 15) is 15.2 Å². The van der Waals surface area contributed by atoms with Gasteiger partial charge in [0.15, 0.2) is 0 Å². The molecule has 0 aromatic heterocycles. The minimum Gasteiger partial charge on any atom is -0.444 e. The molecule has 2 fully saturated rings. The number of hydrogen-bond acceptors (Lipinski definition) is 6. The van der Waals surface area contributed by atoms with Crippen LogP contribution in [-0.4, -0.2) is 71.5 Å². The molecule has 2 heterocycles. The van der Waals surface area contributed by atoms with E-state index in [1.807, 2.05) is 58.0 Å². The Morgan fingerprint density at radius 2 is 1.72 bits per heavy atom. The van der Waals surface area contributed by atoms with Crippen molar-refractivity contribution in [3.8, 4) is 6.07 Å². The average Bonchev–Trinajstić information content (AvgIpc) is 2.88. The molecular formula is C30H38Cl2N4O3. The third kappa shape index (κ3) is 7.37. The lowest BCUT2D eigenvalue weighted by Gasteiger charge is -2.47. The van der Waals surface area contributed by atoms with Crippen molar-refractivity contribution in [2.75, 3.05) is 44.2 Å². The van der Waals surface area contributed by atoms with Crippen molar-refractivity contribution >= 4 is 35.0 Å². The number of benzene rings is 2. The van der Waals surface area contributed by atoms with Gasteiger partial charge in [0.05, 0.1) is 34.0 Å². The smallest absolute Gasteiger partial charge is 0.410 e. The summed E-state index contributed by atoms with van der Waals surface area (Å²) in [6.45, 7) is 11.4. The van der Waals surface area contributed by atoms with Gasteiger partial charge in [-0.15, -0.1) is 0 Å². The van der Waals surface area contributed by atoms with Crippen molar-refractivity contribution in [2.45, 2.75) is 57.8 Å². The highest BCUT2D eigenvalue weighted by Gasteiger charge is 2.39. The van der Waals surface area contributed by atoms with Crippen LogP contribution in [0.1, 0.15) is 57.7 Å². The summed E-state index contributed by atoms with van der Waals surface area (Å²) in [5, 5.41) is 22.1. The van der Waals surface area contributed by atoms with Gasteiger partial charge in [-0.1, -0.05) is 35.3 Å². The molecule has 0 radical (unpaired) electrons. The van der Waals surface area contributed by atoms with Gasteiger partial charge in [-0.3, -0.25) is 4.90 Å². The van der Waals surface area contributed by atoms with Crippen molar-refractivity contribution in [1.29, 1.82) is 5.26 Å². The number of aliphatic hydroxyl groups is 1. The molecule has 0 spiro atoms. The number of nitriles is 1. The third-order valence-electron chi connectivity index (χ3n) is 7.68. The molecular weight excluding hydrogens is 535 g/mol. The standard InChI is InChI=1S/C30H38Cl2N4O3/c1-29(2,3)39-28(37)35-13-11-23(12-14-35)30(4,38)20-34-15-16-36(26-10-5-21(18-33)17-25(26)32)27(19-34)22-6-8-24(31)9-7-22/h5-10,17,23,27,38H,11-16,19-20H2,1-4H3/t27-,30+/m0/s1. The average molecular weight is 574 g/mol. The van der Waals surface area contributed by atoms with E-state index in [4.69, 9.17) is 27.9 Å². The normalized spacial score (nSPS) is 20.8. The van der Waals surface area contributed by atoms with E-state index in [1.54, 1.807) is 17.0 Å². The van der Waals surface area contributed by atoms with Crippen molar-refractivity contribution < 1.29 is 14.6 Å². The van der Waals surface area contributed by atoms with Crippen LogP contribution in [0.25, 0.3) is 0 Å². The number of amides is 1. The van der Waals surface area contributed by atoms with Gasteiger partial charge in [0.2, 0.25) is 0 Å². The molecule has 9 heteroatoms. The number of piperidine rings is 1. The van der Waals surface area contributed by atoms with Crippen LogP contribution in [-0.2, 0) is 4.74 Å². The van der Waals surface area contributed by atoms with Gasteiger partial charge in [0, 0.05) is 44.3 Å². The maximum Gasteiger partial charge on any atom is 0.410 e. The third-order valence-corrected chi connectivity index (χ3v) is 8.23. The second-order valence-corrected chi connectivity index (χ2v) is 12.7. The van der Waals surface area contributed by atoms with Crippen molar-refractivity contribution in [3.63, 3.8) is 0 Å². The second-order valence-electron chi connectivity index (χ2n) is 11.9. The first-order valence-electron chi connectivity index (χ1n) is 13.5. The molecule has 1 N–H and O–H groups in total. The number of hydrogen-bond donors (Lipinski definition) is 1. The molecule has 2 atom stereocenters. The summed E-state index contributed by atoms with van der Waals surface area (Å²) >= 11 is 12.8. The Labute approximate surface area is 241 Å². The van der Waals surface area contributed by atoms with E-state index in [-0.39, 0.29) is 18.1 Å². The summed E-state index contributed by atoms with van der Waals surface area (Å²) in [4.78, 5) is 18.8. The number of piperazine rings is 1. The summed E-state index contributed by atoms with van der Waals surface area (Å²) < 4.78 is 5.53. The molecule has 210 valence electrons. The van der Waals surface area contributed by atoms with Crippen LogP contribution in [0, 0.1) is 17.2 Å². The Morgan fingerprint density at radius 1 is 1.05 bits per heavy atom. The number of halogens is 2. The first-order chi connectivity index (χ1) is 18.4. The van der Waals surface area contributed by atoms with Crippen LogP contribution in [0.4, 0.5) is 10.5 Å². The number of likely N-dealkylation sites (tertiary alicyclic amines) is 1. The predicted molar refractivity (Wildman–Crippen MR) is 155 cm³/mol. The maximum atomic E-state index is 12.5. The van der Waals surface area contributed by atoms with Crippen LogP contribution in [0.5, 0.6) is 0 Å². The van der Waals surface area contributed by atoms with Crippen LogP contribution >= 0.6 is 23.2 Å². The molecule has 7 nitrogen and oxygen atoms in total. The van der Waals surface area contributed by atoms with Crippen molar-refractivity contribution in [1.82, 2.24) is 9.80 Å². The molecule has 1 amide bonds. The fraction of sp³-hybridized carbons (Fsp3) is 0.533. The molecule has 2 aromatic rings. The summed E-state index contributed by atoms with van der Waals surface area (Å²) in [5.74, 6) is 0.0798. The fourth-order valence-corrected chi connectivity index (χ4v) is 6.06. The Bertz CT molecular complexity index is 1200. The van der Waals surface area contributed by atoms with E-state index in [0.717, 1.165) is 30.6 Å². The van der Waals surface area contributed by atoms with E-state index >= 15 is 0 Å². The lowest BCUT2D eigenvalue weighted by Crippen LogP contribution is -2.56. The molecule has 2 aliphatic rings. The van der Waals surface area contributed by atoms with Gasteiger partial charge in [0.1, 0.15) is 5.60 Å². The summed E-state index contributed by atoms with van der Waals surface area (Å²) in [6, 6.07) is 15.4. The predicted octanol–water partition coefficient (Wildman–Crippen LogP) is 6.13. The molecule has 0 bridgehead atoms. The van der Waals surface area contributed by atoms with E-state index < -0.39 is 11.2 Å². The van der Waals surface area contributed by atoms with Crippen LogP contribution in [0.15, 0.2) is 42.5 Å². The fourth-order valence-electron chi connectivity index (χ4n) is 5.64. The van der Waals surface area contributed by atoms with Crippen LogP contribution in [0.2, 0.25) is 10.0 Å². The van der Waals surface area contributed by atoms with Gasteiger partial charge in [-0.05, 0) is 82.3 Å². The maximum absolute atomic E-state index is 12.5. The number of nitrogens with zero attached hydrogens (tertiary/aromatic N) is 4. The zero-order valence-electron chi connectivity index (χ0n) is 23.2. The number of ether oxygens (including phenoxy) is 1. The lowest BCUT2D eigenvalue weighted by atomic mass is 9.81. The molecule has 0 unspecified atom stereocenters. The van der Waals surface area contributed by atoms with Gasteiger partial charge in [-0.25, -0.2) is 4.79 Å². The Morgan fingerprint density at radius 3 is 2.31 bits per heavy atom. The summed E-state index contributed by atoms with van der Waals surface area (Å²) in [5.41, 5.74) is 1.09. The number of carbonyl (C=O) groups is 1. The van der Waals surface area contributed by atoms with Crippen molar-refractivity contribution in [3.05, 3.63) is 63.6 Å². The van der Waals surface area contributed by atoms with Gasteiger partial charge in [-0.2, -0.15) is 5.26 Å². The van der Waals surface area contributed by atoms with E-state index in [0.29, 0.717) is 48.3 Å². The molecule has 2 saturated heterocycles. The molecule has 0 aliphatic carbocycles. The zero-order valence-corrected chi connectivity index (χ0v) is 24.7. The van der Waals surface area contributed by atoms with Gasteiger partial charge >= 0.3 is 6.09 Å². The zero-order chi connectivity index (χ0) is 28.4. The minimum atomic E-state index is -0.904. The number of rotatable bonds is 5. The highest BCUT2D eigenvalue weighted by molar-refractivity contribution is 6.33. The molecule has 0 saturated carbocycles. The number of anilines is 1. The first kappa shape index (κ1) is 29.5. The number of β-amino-alcohol motifs (C(OH)–C–C–N with tert-alkyl or cyclic N) is 1. The summed E-state index contributed by atoms with van der Waals surface area (Å²) in [6.07, 6.45) is 1.17. The van der Waals surface area contributed by atoms with Crippen LogP contribution in [0.3, 0.4) is 0 Å². The molecule has 2 aliphatic heterocycles.